The van der Waals surface area contributed by atoms with Crippen LogP contribution in [0.5, 0.6) is 0 Å². The SMILES string of the molecule is Cc1cc(C)n(CCN2CCCC(O)(Cc3nc(C4CC4)no3)C2)n1. The van der Waals surface area contributed by atoms with Crippen LogP contribution in [0.25, 0.3) is 0 Å². The second-order valence-electron chi connectivity index (χ2n) is 7.75. The Hall–Kier alpha value is -1.73. The van der Waals surface area contributed by atoms with E-state index < -0.39 is 5.60 Å². The molecule has 1 aliphatic carbocycles. The molecule has 1 saturated heterocycles. The smallest absolute Gasteiger partial charge is 0.229 e. The molecule has 0 bridgehead atoms. The van der Waals surface area contributed by atoms with Crippen molar-refractivity contribution in [2.75, 3.05) is 19.6 Å². The van der Waals surface area contributed by atoms with Gasteiger partial charge in [-0.1, -0.05) is 5.16 Å². The molecule has 2 aromatic heterocycles. The summed E-state index contributed by atoms with van der Waals surface area (Å²) in [7, 11) is 0. The molecule has 0 spiro atoms. The fourth-order valence-electron chi connectivity index (χ4n) is 3.81. The van der Waals surface area contributed by atoms with Gasteiger partial charge < -0.3 is 9.63 Å². The fraction of sp³-hybridized carbons (Fsp3) is 0.722. The lowest BCUT2D eigenvalue weighted by Gasteiger charge is -2.38. The van der Waals surface area contributed by atoms with Gasteiger partial charge in [0.2, 0.25) is 5.89 Å². The van der Waals surface area contributed by atoms with Crippen LogP contribution < -0.4 is 0 Å². The zero-order valence-electron chi connectivity index (χ0n) is 15.1. The van der Waals surface area contributed by atoms with Crippen LogP contribution in [-0.4, -0.2) is 55.2 Å². The Morgan fingerprint density at radius 3 is 2.88 bits per heavy atom. The monoisotopic (exact) mass is 345 g/mol. The van der Waals surface area contributed by atoms with Gasteiger partial charge in [0.25, 0.3) is 0 Å². The highest BCUT2D eigenvalue weighted by molar-refractivity contribution is 5.07. The maximum Gasteiger partial charge on any atom is 0.229 e. The lowest BCUT2D eigenvalue weighted by atomic mass is 9.89. The molecule has 1 N–H and O–H groups in total. The molecule has 3 heterocycles. The molecule has 25 heavy (non-hydrogen) atoms. The second-order valence-corrected chi connectivity index (χ2v) is 7.75. The summed E-state index contributed by atoms with van der Waals surface area (Å²) < 4.78 is 7.41. The van der Waals surface area contributed by atoms with Crippen LogP contribution in [0.15, 0.2) is 10.6 Å². The van der Waals surface area contributed by atoms with E-state index in [1.165, 1.54) is 5.69 Å². The van der Waals surface area contributed by atoms with E-state index in [0.29, 0.717) is 24.8 Å². The Kier molecular flexibility index (Phi) is 4.37. The number of aliphatic hydroxyl groups is 1. The highest BCUT2D eigenvalue weighted by Gasteiger charge is 2.36. The average molecular weight is 345 g/mol. The summed E-state index contributed by atoms with van der Waals surface area (Å²) in [6.45, 7) is 7.50. The normalized spacial score (nSPS) is 24.8. The molecule has 7 heteroatoms. The summed E-state index contributed by atoms with van der Waals surface area (Å²) in [5, 5.41) is 19.6. The fourth-order valence-corrected chi connectivity index (χ4v) is 3.81. The van der Waals surface area contributed by atoms with Gasteiger partial charge in [-0.25, -0.2) is 0 Å². The first kappa shape index (κ1) is 16.7. The minimum absolute atomic E-state index is 0.448. The van der Waals surface area contributed by atoms with E-state index in [1.807, 2.05) is 11.6 Å². The van der Waals surface area contributed by atoms with Gasteiger partial charge in [0.1, 0.15) is 0 Å². The number of aryl methyl sites for hydroxylation is 2. The van der Waals surface area contributed by atoms with Gasteiger partial charge in [0.05, 0.1) is 24.3 Å². The molecule has 2 fully saturated rings. The lowest BCUT2D eigenvalue weighted by Crippen LogP contribution is -2.50. The molecular weight excluding hydrogens is 318 g/mol. The number of β-amino-alcohol motifs (C(OH)–C–C–N with tert-alkyl or cyclic N) is 1. The van der Waals surface area contributed by atoms with Crippen molar-refractivity contribution in [2.24, 2.45) is 0 Å². The number of nitrogens with zero attached hydrogens (tertiary/aromatic N) is 5. The number of hydrogen-bond acceptors (Lipinski definition) is 6. The van der Waals surface area contributed by atoms with Crippen molar-refractivity contribution in [3.05, 3.63) is 29.2 Å². The van der Waals surface area contributed by atoms with E-state index in [1.54, 1.807) is 0 Å². The molecule has 1 saturated carbocycles. The summed E-state index contributed by atoms with van der Waals surface area (Å²) in [5.74, 6) is 1.87. The minimum atomic E-state index is -0.777. The van der Waals surface area contributed by atoms with Gasteiger partial charge in [-0.3, -0.25) is 9.58 Å². The van der Waals surface area contributed by atoms with Crippen LogP contribution in [0.3, 0.4) is 0 Å². The summed E-state index contributed by atoms with van der Waals surface area (Å²) >= 11 is 0. The summed E-state index contributed by atoms with van der Waals surface area (Å²) in [5.41, 5.74) is 1.46. The van der Waals surface area contributed by atoms with Crippen LogP contribution in [-0.2, 0) is 13.0 Å². The number of aromatic nitrogens is 4. The zero-order valence-corrected chi connectivity index (χ0v) is 15.1. The molecule has 4 rings (SSSR count). The largest absolute Gasteiger partial charge is 0.388 e. The number of hydrogen-bond donors (Lipinski definition) is 1. The Bertz CT molecular complexity index is 736. The van der Waals surface area contributed by atoms with Crippen molar-refractivity contribution < 1.29 is 9.63 Å². The zero-order chi connectivity index (χ0) is 17.4. The Balaban J connectivity index is 1.34. The molecular formula is C18H27N5O2. The van der Waals surface area contributed by atoms with Crippen molar-refractivity contribution in [1.82, 2.24) is 24.8 Å². The van der Waals surface area contributed by atoms with Crippen LogP contribution >= 0.6 is 0 Å². The van der Waals surface area contributed by atoms with Crippen molar-refractivity contribution in [3.8, 4) is 0 Å². The molecule has 2 aromatic rings. The first-order chi connectivity index (χ1) is 12.0. The van der Waals surface area contributed by atoms with E-state index in [4.69, 9.17) is 4.52 Å². The van der Waals surface area contributed by atoms with Crippen molar-refractivity contribution in [1.29, 1.82) is 0 Å². The van der Waals surface area contributed by atoms with Crippen LogP contribution in [0, 0.1) is 13.8 Å². The standard InChI is InChI=1S/C18H27N5O2/c1-13-10-14(2)23(20-13)9-8-22-7-3-6-18(24,12-22)11-16-19-17(21-25-16)15-4-5-15/h10,15,24H,3-9,11-12H2,1-2H3. The van der Waals surface area contributed by atoms with Crippen LogP contribution in [0.2, 0.25) is 0 Å². The summed E-state index contributed by atoms with van der Waals surface area (Å²) in [4.78, 5) is 6.79. The van der Waals surface area contributed by atoms with Crippen molar-refractivity contribution in [2.45, 2.75) is 64.0 Å². The van der Waals surface area contributed by atoms with Gasteiger partial charge in [0.15, 0.2) is 5.82 Å². The van der Waals surface area contributed by atoms with E-state index in [-0.39, 0.29) is 0 Å². The minimum Gasteiger partial charge on any atom is -0.388 e. The number of rotatable bonds is 6. The van der Waals surface area contributed by atoms with Gasteiger partial charge in [-0.2, -0.15) is 10.1 Å². The van der Waals surface area contributed by atoms with Crippen molar-refractivity contribution >= 4 is 0 Å². The van der Waals surface area contributed by atoms with E-state index in [2.05, 4.69) is 33.1 Å². The molecule has 1 atom stereocenters. The molecule has 2 aliphatic rings. The predicted octanol–water partition coefficient (Wildman–Crippen LogP) is 1.83. The molecule has 1 aliphatic heterocycles. The van der Waals surface area contributed by atoms with Gasteiger partial charge in [-0.05, 0) is 52.1 Å². The van der Waals surface area contributed by atoms with E-state index >= 15 is 0 Å². The highest BCUT2D eigenvalue weighted by atomic mass is 16.5. The first-order valence-corrected chi connectivity index (χ1v) is 9.29. The van der Waals surface area contributed by atoms with Crippen molar-refractivity contribution in [3.63, 3.8) is 0 Å². The maximum absolute atomic E-state index is 11.0. The third kappa shape index (κ3) is 3.93. The highest BCUT2D eigenvalue weighted by Crippen LogP contribution is 2.38. The first-order valence-electron chi connectivity index (χ1n) is 9.29. The van der Waals surface area contributed by atoms with Gasteiger partial charge in [-0.15, -0.1) is 0 Å². The third-order valence-electron chi connectivity index (χ3n) is 5.27. The van der Waals surface area contributed by atoms with E-state index in [0.717, 1.165) is 56.8 Å². The predicted molar refractivity (Wildman–Crippen MR) is 92.3 cm³/mol. The molecule has 1 unspecified atom stereocenters. The molecule has 0 radical (unpaired) electrons. The second kappa shape index (κ2) is 6.53. The third-order valence-corrected chi connectivity index (χ3v) is 5.27. The summed E-state index contributed by atoms with van der Waals surface area (Å²) in [6, 6.07) is 2.10. The number of piperidine rings is 1. The van der Waals surface area contributed by atoms with E-state index in [9.17, 15) is 5.11 Å². The lowest BCUT2D eigenvalue weighted by molar-refractivity contribution is -0.0358. The van der Waals surface area contributed by atoms with Gasteiger partial charge >= 0.3 is 0 Å². The average Bonchev–Trinajstić information content (AvgIpc) is 3.22. The Morgan fingerprint density at radius 1 is 1.32 bits per heavy atom. The molecule has 0 aromatic carbocycles. The number of likely N-dealkylation sites (tertiary alicyclic amines) is 1. The Morgan fingerprint density at radius 2 is 2.16 bits per heavy atom. The molecule has 136 valence electrons. The van der Waals surface area contributed by atoms with Crippen LogP contribution in [0.1, 0.15) is 54.7 Å². The Labute approximate surface area is 148 Å². The molecule has 7 nitrogen and oxygen atoms in total. The van der Waals surface area contributed by atoms with Gasteiger partial charge in [0, 0.05) is 24.7 Å². The topological polar surface area (TPSA) is 80.2 Å². The molecule has 0 amide bonds. The maximum atomic E-state index is 11.0. The van der Waals surface area contributed by atoms with Crippen LogP contribution in [0.4, 0.5) is 0 Å². The quantitative estimate of drug-likeness (QED) is 0.860. The summed E-state index contributed by atoms with van der Waals surface area (Å²) in [6.07, 6.45) is 4.53.